The first-order valence-corrected chi connectivity index (χ1v) is 9.80. The van der Waals surface area contributed by atoms with Crippen molar-refractivity contribution >= 4 is 0 Å². The molecule has 1 aliphatic heterocycles. The van der Waals surface area contributed by atoms with Crippen LogP contribution in [0, 0.1) is 5.92 Å². The Morgan fingerprint density at radius 3 is 2.52 bits per heavy atom. The minimum absolute atomic E-state index is 0.0274. The monoisotopic (exact) mass is 392 g/mol. The van der Waals surface area contributed by atoms with Crippen LogP contribution >= 0.6 is 0 Å². The number of nitrogens with zero attached hydrogens (tertiary/aromatic N) is 6. The SMILES string of the molecule is Cn1ncc(CN2CCC(Cn3cnc(-c4ccncc4)cc3=O)CC2)cc1=O. The standard InChI is InChI=1S/C21H24N6O2/c1-25-20(28)10-17(12-24-25)13-26-8-4-16(5-9-26)14-27-15-23-19(11-21(27)29)18-2-6-22-7-3-18/h2-3,6-7,10-12,15-16H,4-5,8-9,13-14H2,1H3. The zero-order valence-electron chi connectivity index (χ0n) is 16.4. The van der Waals surface area contributed by atoms with Gasteiger partial charge < -0.3 is 0 Å². The van der Waals surface area contributed by atoms with E-state index in [0.29, 0.717) is 18.2 Å². The van der Waals surface area contributed by atoms with E-state index >= 15 is 0 Å². The number of aromatic nitrogens is 5. The fourth-order valence-corrected chi connectivity index (χ4v) is 3.70. The summed E-state index contributed by atoms with van der Waals surface area (Å²) in [5, 5.41) is 4.08. The molecule has 8 heteroatoms. The third kappa shape index (κ3) is 4.65. The maximum absolute atomic E-state index is 12.5. The second-order valence-corrected chi connectivity index (χ2v) is 7.55. The highest BCUT2D eigenvalue weighted by Crippen LogP contribution is 2.20. The van der Waals surface area contributed by atoms with Crippen LogP contribution in [-0.4, -0.2) is 42.3 Å². The second kappa shape index (κ2) is 8.48. The molecule has 4 rings (SSSR count). The molecule has 1 aliphatic rings. The van der Waals surface area contributed by atoms with Gasteiger partial charge >= 0.3 is 0 Å². The van der Waals surface area contributed by atoms with Crippen molar-refractivity contribution < 1.29 is 0 Å². The molecule has 0 radical (unpaired) electrons. The van der Waals surface area contributed by atoms with Gasteiger partial charge in [0.2, 0.25) is 0 Å². The van der Waals surface area contributed by atoms with Crippen molar-refractivity contribution in [2.45, 2.75) is 25.9 Å². The topological polar surface area (TPSA) is 85.9 Å². The molecule has 0 unspecified atom stereocenters. The second-order valence-electron chi connectivity index (χ2n) is 7.55. The average molecular weight is 392 g/mol. The number of hydrogen-bond acceptors (Lipinski definition) is 6. The molecule has 29 heavy (non-hydrogen) atoms. The molecule has 0 aliphatic carbocycles. The van der Waals surface area contributed by atoms with Crippen LogP contribution < -0.4 is 11.1 Å². The summed E-state index contributed by atoms with van der Waals surface area (Å²) in [4.78, 5) is 35.0. The molecule has 3 aromatic rings. The maximum atomic E-state index is 12.5. The van der Waals surface area contributed by atoms with Crippen molar-refractivity contribution in [1.82, 2.24) is 29.2 Å². The first-order chi connectivity index (χ1) is 14.1. The van der Waals surface area contributed by atoms with Gasteiger partial charge in [0, 0.05) is 50.2 Å². The van der Waals surface area contributed by atoms with Gasteiger partial charge in [0.1, 0.15) is 0 Å². The Kier molecular flexibility index (Phi) is 5.62. The van der Waals surface area contributed by atoms with E-state index < -0.39 is 0 Å². The number of rotatable bonds is 5. The molecule has 0 saturated carbocycles. The van der Waals surface area contributed by atoms with E-state index in [0.717, 1.165) is 43.6 Å². The van der Waals surface area contributed by atoms with Gasteiger partial charge in [-0.05, 0) is 49.5 Å². The van der Waals surface area contributed by atoms with Crippen molar-refractivity contribution in [3.05, 3.63) is 75.5 Å². The zero-order valence-corrected chi connectivity index (χ0v) is 16.4. The molecule has 1 saturated heterocycles. The fourth-order valence-electron chi connectivity index (χ4n) is 3.70. The summed E-state index contributed by atoms with van der Waals surface area (Å²) in [6.45, 7) is 3.30. The summed E-state index contributed by atoms with van der Waals surface area (Å²) in [6, 6.07) is 6.93. The summed E-state index contributed by atoms with van der Waals surface area (Å²) < 4.78 is 3.04. The first-order valence-electron chi connectivity index (χ1n) is 9.80. The highest BCUT2D eigenvalue weighted by atomic mass is 16.1. The number of pyridine rings is 1. The molecule has 1 fully saturated rings. The number of piperidine rings is 1. The van der Waals surface area contributed by atoms with Gasteiger partial charge in [0.15, 0.2) is 0 Å². The van der Waals surface area contributed by atoms with Crippen molar-refractivity contribution in [2.75, 3.05) is 13.1 Å². The molecule has 150 valence electrons. The van der Waals surface area contributed by atoms with E-state index in [2.05, 4.69) is 20.0 Å². The lowest BCUT2D eigenvalue weighted by Crippen LogP contribution is -2.36. The van der Waals surface area contributed by atoms with Gasteiger partial charge in [-0.2, -0.15) is 5.10 Å². The van der Waals surface area contributed by atoms with Crippen LogP contribution in [0.25, 0.3) is 11.3 Å². The molecule has 0 N–H and O–H groups in total. The lowest BCUT2D eigenvalue weighted by Gasteiger charge is -2.32. The van der Waals surface area contributed by atoms with Crippen molar-refractivity contribution in [2.24, 2.45) is 13.0 Å². The van der Waals surface area contributed by atoms with Crippen LogP contribution in [0.15, 0.2) is 58.8 Å². The highest BCUT2D eigenvalue weighted by Gasteiger charge is 2.20. The summed E-state index contributed by atoms with van der Waals surface area (Å²) >= 11 is 0. The number of likely N-dealkylation sites (tertiary alicyclic amines) is 1. The summed E-state index contributed by atoms with van der Waals surface area (Å²) in [5.41, 5.74) is 2.40. The molecule has 3 aromatic heterocycles. The van der Waals surface area contributed by atoms with E-state index in [4.69, 9.17) is 0 Å². The van der Waals surface area contributed by atoms with Crippen LogP contribution in [0.1, 0.15) is 18.4 Å². The fraction of sp³-hybridized carbons (Fsp3) is 0.381. The van der Waals surface area contributed by atoms with Crippen LogP contribution in [-0.2, 0) is 20.1 Å². The molecule has 0 amide bonds. The average Bonchev–Trinajstić information content (AvgIpc) is 2.74. The Hall–Kier alpha value is -3.13. The lowest BCUT2D eigenvalue weighted by molar-refractivity contribution is 0.166. The third-order valence-corrected chi connectivity index (χ3v) is 5.45. The van der Waals surface area contributed by atoms with Gasteiger partial charge in [-0.3, -0.25) is 24.0 Å². The minimum Gasteiger partial charge on any atom is -0.299 e. The quantitative estimate of drug-likeness (QED) is 0.651. The molecule has 0 atom stereocenters. The van der Waals surface area contributed by atoms with Crippen LogP contribution in [0.2, 0.25) is 0 Å². The Balaban J connectivity index is 1.34. The maximum Gasteiger partial charge on any atom is 0.266 e. The highest BCUT2D eigenvalue weighted by molar-refractivity contribution is 5.57. The van der Waals surface area contributed by atoms with Crippen LogP contribution in [0.3, 0.4) is 0 Å². The summed E-state index contributed by atoms with van der Waals surface area (Å²) in [7, 11) is 1.65. The predicted molar refractivity (Wildman–Crippen MR) is 109 cm³/mol. The molecule has 0 aromatic carbocycles. The minimum atomic E-state index is -0.0838. The van der Waals surface area contributed by atoms with Gasteiger partial charge in [0.25, 0.3) is 11.1 Å². The van der Waals surface area contributed by atoms with E-state index in [1.807, 2.05) is 12.1 Å². The molecule has 0 spiro atoms. The molecule has 4 heterocycles. The van der Waals surface area contributed by atoms with E-state index in [1.165, 1.54) is 4.68 Å². The molecular formula is C21H24N6O2. The third-order valence-electron chi connectivity index (χ3n) is 5.45. The van der Waals surface area contributed by atoms with E-state index in [9.17, 15) is 9.59 Å². The van der Waals surface area contributed by atoms with Gasteiger partial charge in [-0.1, -0.05) is 0 Å². The van der Waals surface area contributed by atoms with E-state index in [1.54, 1.807) is 48.7 Å². The molecule has 8 nitrogen and oxygen atoms in total. The van der Waals surface area contributed by atoms with Crippen molar-refractivity contribution in [3.8, 4) is 11.3 Å². The normalized spacial score (nSPS) is 15.5. The van der Waals surface area contributed by atoms with Crippen molar-refractivity contribution in [1.29, 1.82) is 0 Å². The lowest BCUT2D eigenvalue weighted by atomic mass is 9.96. The summed E-state index contributed by atoms with van der Waals surface area (Å²) in [5.74, 6) is 0.444. The number of aryl methyl sites for hydroxylation is 1. The van der Waals surface area contributed by atoms with Crippen LogP contribution in [0.5, 0.6) is 0 Å². The first kappa shape index (κ1) is 19.2. The Labute approximate surface area is 168 Å². The van der Waals surface area contributed by atoms with Crippen LogP contribution in [0.4, 0.5) is 0 Å². The van der Waals surface area contributed by atoms with Gasteiger partial charge in [-0.15, -0.1) is 0 Å². The predicted octanol–water partition coefficient (Wildman–Crippen LogP) is 1.31. The molecule has 0 bridgehead atoms. The van der Waals surface area contributed by atoms with E-state index in [-0.39, 0.29) is 11.1 Å². The number of hydrogen-bond donors (Lipinski definition) is 0. The smallest absolute Gasteiger partial charge is 0.266 e. The Bertz CT molecular complexity index is 1080. The van der Waals surface area contributed by atoms with Gasteiger partial charge in [-0.25, -0.2) is 9.67 Å². The van der Waals surface area contributed by atoms with Crippen molar-refractivity contribution in [3.63, 3.8) is 0 Å². The largest absolute Gasteiger partial charge is 0.299 e. The zero-order chi connectivity index (χ0) is 20.2. The molecular weight excluding hydrogens is 368 g/mol. The Morgan fingerprint density at radius 2 is 1.83 bits per heavy atom. The van der Waals surface area contributed by atoms with Gasteiger partial charge in [0.05, 0.1) is 18.2 Å². The summed E-state index contributed by atoms with van der Waals surface area (Å²) in [6.07, 6.45) is 8.81. The Morgan fingerprint density at radius 1 is 1.07 bits per heavy atom.